The van der Waals surface area contributed by atoms with Crippen molar-refractivity contribution in [3.63, 3.8) is 0 Å². The van der Waals surface area contributed by atoms with Gasteiger partial charge in [-0.3, -0.25) is 9.69 Å². The molecule has 1 aliphatic heterocycles. The van der Waals surface area contributed by atoms with Crippen molar-refractivity contribution < 1.29 is 13.2 Å². The van der Waals surface area contributed by atoms with Gasteiger partial charge in [-0.2, -0.15) is 4.31 Å². The minimum Gasteiger partial charge on any atom is -0.358 e. The molecule has 0 saturated carbocycles. The number of rotatable bonds is 7. The number of carbonyl (C=O) groups is 1. The average Bonchev–Trinajstić information content (AvgIpc) is 2.61. The van der Waals surface area contributed by atoms with Gasteiger partial charge in [0.1, 0.15) is 10.7 Å². The summed E-state index contributed by atoms with van der Waals surface area (Å²) in [6.07, 6.45) is 1.44. The molecule has 0 bridgehead atoms. The summed E-state index contributed by atoms with van der Waals surface area (Å²) in [5.74, 6) is 0.769. The highest BCUT2D eigenvalue weighted by molar-refractivity contribution is 7.89. The second kappa shape index (κ2) is 8.99. The number of carbonyl (C=O) groups excluding carboxylic acids is 1. The highest BCUT2D eigenvalue weighted by atomic mass is 32.2. The zero-order chi connectivity index (χ0) is 20.2. The van der Waals surface area contributed by atoms with Crippen molar-refractivity contribution in [2.45, 2.75) is 44.7 Å². The fourth-order valence-corrected chi connectivity index (χ4v) is 5.18. The predicted octanol–water partition coefficient (Wildman–Crippen LogP) is 0.757. The molecule has 9 heteroatoms. The van der Waals surface area contributed by atoms with E-state index in [4.69, 9.17) is 0 Å². The minimum absolute atomic E-state index is 0.0102. The molecule has 1 aromatic rings. The molecule has 2 heterocycles. The van der Waals surface area contributed by atoms with Crippen molar-refractivity contribution in [2.75, 3.05) is 44.7 Å². The molecule has 152 valence electrons. The predicted molar refractivity (Wildman–Crippen MR) is 106 cm³/mol. The van der Waals surface area contributed by atoms with Crippen LogP contribution in [-0.4, -0.2) is 80.4 Å². The minimum atomic E-state index is -3.57. The number of likely N-dealkylation sites (N-methyl/N-ethyl adjacent to an activating group) is 1. The number of sulfonamides is 1. The molecule has 1 N–H and O–H groups in total. The van der Waals surface area contributed by atoms with Gasteiger partial charge in [-0.25, -0.2) is 13.4 Å². The van der Waals surface area contributed by atoms with E-state index >= 15 is 0 Å². The maximum atomic E-state index is 12.9. The molecule has 1 saturated heterocycles. The number of aromatic nitrogens is 1. The molecule has 1 aliphatic rings. The molecule has 0 spiro atoms. The number of anilines is 1. The first kappa shape index (κ1) is 21.6. The van der Waals surface area contributed by atoms with E-state index in [1.165, 1.54) is 10.5 Å². The van der Waals surface area contributed by atoms with Gasteiger partial charge in [0.15, 0.2) is 0 Å². The Hall–Kier alpha value is -1.71. The molecule has 1 amide bonds. The molecule has 0 radical (unpaired) electrons. The van der Waals surface area contributed by atoms with Crippen LogP contribution in [0.3, 0.4) is 0 Å². The third-order valence-electron chi connectivity index (χ3n) is 4.66. The van der Waals surface area contributed by atoms with Crippen molar-refractivity contribution in [1.82, 2.24) is 19.5 Å². The Labute approximate surface area is 162 Å². The summed E-state index contributed by atoms with van der Waals surface area (Å²) in [4.78, 5) is 20.3. The Morgan fingerprint density at radius 3 is 2.19 bits per heavy atom. The van der Waals surface area contributed by atoms with Crippen LogP contribution in [0.1, 0.15) is 27.7 Å². The largest absolute Gasteiger partial charge is 0.358 e. The summed E-state index contributed by atoms with van der Waals surface area (Å²) < 4.78 is 27.3. The fraction of sp³-hybridized carbons (Fsp3) is 0.667. The molecule has 27 heavy (non-hydrogen) atoms. The summed E-state index contributed by atoms with van der Waals surface area (Å²) in [7, 11) is -1.94. The smallest absolute Gasteiger partial charge is 0.245 e. The van der Waals surface area contributed by atoms with Crippen LogP contribution in [0.4, 0.5) is 5.82 Å². The number of hydrogen-bond acceptors (Lipinski definition) is 6. The van der Waals surface area contributed by atoms with E-state index in [9.17, 15) is 13.2 Å². The lowest BCUT2D eigenvalue weighted by Crippen LogP contribution is -2.49. The lowest BCUT2D eigenvalue weighted by atomic mass is 10.3. The Kier molecular flexibility index (Phi) is 7.19. The van der Waals surface area contributed by atoms with E-state index in [1.807, 2.05) is 27.7 Å². The van der Waals surface area contributed by atoms with Gasteiger partial charge in [0.25, 0.3) is 0 Å². The van der Waals surface area contributed by atoms with Gasteiger partial charge in [0.05, 0.1) is 6.54 Å². The van der Waals surface area contributed by atoms with Crippen LogP contribution in [-0.2, 0) is 14.8 Å². The first-order valence-electron chi connectivity index (χ1n) is 9.34. The summed E-state index contributed by atoms with van der Waals surface area (Å²) in [5.41, 5.74) is 0. The third-order valence-corrected chi connectivity index (χ3v) is 6.89. The Bertz CT molecular complexity index is 718. The van der Waals surface area contributed by atoms with Crippen LogP contribution in [0.2, 0.25) is 0 Å². The van der Waals surface area contributed by atoms with Gasteiger partial charge in [-0.15, -0.1) is 0 Å². The van der Waals surface area contributed by atoms with E-state index in [-0.39, 0.29) is 22.9 Å². The van der Waals surface area contributed by atoms with Gasteiger partial charge in [-0.1, -0.05) is 0 Å². The van der Waals surface area contributed by atoms with Crippen molar-refractivity contribution in [3.8, 4) is 0 Å². The topological polar surface area (TPSA) is 85.8 Å². The number of pyridine rings is 1. The van der Waals surface area contributed by atoms with Crippen LogP contribution in [0.5, 0.6) is 0 Å². The van der Waals surface area contributed by atoms with Crippen molar-refractivity contribution >= 4 is 21.7 Å². The molecule has 0 aliphatic carbocycles. The zero-order valence-electron chi connectivity index (χ0n) is 16.8. The van der Waals surface area contributed by atoms with Gasteiger partial charge in [0, 0.05) is 51.5 Å². The first-order chi connectivity index (χ1) is 12.7. The van der Waals surface area contributed by atoms with Crippen molar-refractivity contribution in [2.24, 2.45) is 0 Å². The number of nitrogens with zero attached hydrogens (tertiary/aromatic N) is 4. The van der Waals surface area contributed by atoms with Gasteiger partial charge in [0.2, 0.25) is 15.9 Å². The fourth-order valence-electron chi connectivity index (χ4n) is 3.40. The van der Waals surface area contributed by atoms with Crippen molar-refractivity contribution in [1.29, 1.82) is 0 Å². The van der Waals surface area contributed by atoms with E-state index in [0.717, 1.165) is 32.0 Å². The summed E-state index contributed by atoms with van der Waals surface area (Å²) in [6.45, 7) is 10.9. The van der Waals surface area contributed by atoms with Crippen LogP contribution in [0, 0.1) is 0 Å². The van der Waals surface area contributed by atoms with Crippen molar-refractivity contribution in [3.05, 3.63) is 18.3 Å². The number of piperazine rings is 1. The van der Waals surface area contributed by atoms with E-state index in [1.54, 1.807) is 19.2 Å². The highest BCUT2D eigenvalue weighted by Gasteiger charge is 2.30. The van der Waals surface area contributed by atoms with Crippen LogP contribution in [0.25, 0.3) is 0 Å². The quantitative estimate of drug-likeness (QED) is 0.731. The van der Waals surface area contributed by atoms with Gasteiger partial charge in [-0.05, 0) is 39.8 Å². The number of hydrogen-bond donors (Lipinski definition) is 1. The number of nitrogens with one attached hydrogen (secondary N) is 1. The molecule has 2 rings (SSSR count). The van der Waals surface area contributed by atoms with Gasteiger partial charge < -0.3 is 10.2 Å². The Morgan fingerprint density at radius 2 is 1.74 bits per heavy atom. The van der Waals surface area contributed by atoms with Crippen LogP contribution in [0.15, 0.2) is 23.2 Å². The molecule has 0 atom stereocenters. The summed E-state index contributed by atoms with van der Waals surface area (Å²) >= 11 is 0. The molecular weight excluding hydrogens is 366 g/mol. The maximum absolute atomic E-state index is 12.9. The van der Waals surface area contributed by atoms with Crippen LogP contribution >= 0.6 is 0 Å². The third kappa shape index (κ3) is 5.18. The zero-order valence-corrected chi connectivity index (χ0v) is 17.7. The van der Waals surface area contributed by atoms with Crippen LogP contribution < -0.4 is 10.2 Å². The second-order valence-electron chi connectivity index (χ2n) is 7.31. The molecule has 0 unspecified atom stereocenters. The van der Waals surface area contributed by atoms with E-state index < -0.39 is 10.0 Å². The highest BCUT2D eigenvalue weighted by Crippen LogP contribution is 2.22. The standard InChI is InChI=1S/C18H31N5O3S/c1-14(2)23(15(3)4)27(25,26)16-6-7-17(20-12-16)22-10-8-21(9-11-22)13-18(24)19-5/h6-7,12,14-15H,8-11,13H2,1-5H3,(H,19,24). The summed E-state index contributed by atoms with van der Waals surface area (Å²) in [6, 6.07) is 3.15. The Morgan fingerprint density at radius 1 is 1.15 bits per heavy atom. The molecule has 8 nitrogen and oxygen atoms in total. The molecule has 1 fully saturated rings. The lowest BCUT2D eigenvalue weighted by molar-refractivity contribution is -0.121. The molecule has 1 aromatic heterocycles. The SMILES string of the molecule is CNC(=O)CN1CCN(c2ccc(S(=O)(=O)N(C(C)C)C(C)C)cn2)CC1. The lowest BCUT2D eigenvalue weighted by Gasteiger charge is -2.35. The monoisotopic (exact) mass is 397 g/mol. The van der Waals surface area contributed by atoms with E-state index in [0.29, 0.717) is 6.54 Å². The average molecular weight is 398 g/mol. The molecule has 0 aromatic carbocycles. The maximum Gasteiger partial charge on any atom is 0.245 e. The van der Waals surface area contributed by atoms with E-state index in [2.05, 4.69) is 20.1 Å². The number of amides is 1. The first-order valence-corrected chi connectivity index (χ1v) is 10.8. The second-order valence-corrected chi connectivity index (χ2v) is 9.15. The molecular formula is C18H31N5O3S. The summed E-state index contributed by atoms with van der Waals surface area (Å²) in [5, 5.41) is 2.63. The normalized spacial score (nSPS) is 16.4. The Balaban J connectivity index is 2.07. The van der Waals surface area contributed by atoms with Gasteiger partial charge >= 0.3 is 0 Å².